The third-order valence-electron chi connectivity index (χ3n) is 5.68. The van der Waals surface area contributed by atoms with Crippen LogP contribution < -0.4 is 16.0 Å². The van der Waals surface area contributed by atoms with E-state index in [-0.39, 0.29) is 23.7 Å². The molecule has 176 valence electrons. The standard InChI is InChI=1S/C25H17ClFN4O3S/c1-34-21-9-16(17(26)10-18(21)27)22-11-19-23(35-22)24(32)31(25(33)30(19)8-4-7-28)20-13-29-12-14-5-2-3-6-15(14)20/h2-3,5-6,9-13,28H,4,8H2,1H3/q-1. The monoisotopic (exact) mass is 507 g/mol. The fourth-order valence-electron chi connectivity index (χ4n) is 4.03. The highest BCUT2D eigenvalue weighted by Gasteiger charge is 2.20. The van der Waals surface area contributed by atoms with Crippen LogP contribution in [0.15, 0.2) is 64.4 Å². The predicted molar refractivity (Wildman–Crippen MR) is 136 cm³/mol. The minimum Gasteiger partial charge on any atom is -0.518 e. The fourth-order valence-corrected chi connectivity index (χ4v) is 5.46. The summed E-state index contributed by atoms with van der Waals surface area (Å²) in [6, 6.07) is 11.6. The lowest BCUT2D eigenvalue weighted by atomic mass is 10.1. The Bertz CT molecular complexity index is 1740. The number of pyridine rings is 1. The minimum atomic E-state index is -0.605. The lowest BCUT2D eigenvalue weighted by Gasteiger charge is -2.14. The first-order valence-electron chi connectivity index (χ1n) is 10.5. The zero-order valence-electron chi connectivity index (χ0n) is 18.3. The first-order chi connectivity index (χ1) is 16.9. The van der Waals surface area contributed by atoms with Crippen molar-refractivity contribution in [3.05, 3.63) is 86.5 Å². The maximum absolute atomic E-state index is 14.1. The molecule has 0 unspecified atom stereocenters. The Hall–Kier alpha value is -3.82. The third kappa shape index (κ3) is 3.82. The topological polar surface area (TPSA) is 90.0 Å². The van der Waals surface area contributed by atoms with Gasteiger partial charge in [-0.15, -0.1) is 11.3 Å². The largest absolute Gasteiger partial charge is 0.518 e. The number of rotatable bonds is 6. The van der Waals surface area contributed by atoms with E-state index in [0.29, 0.717) is 31.7 Å². The number of nitrogens with one attached hydrogen (secondary N) is 1. The SMILES string of the molecule is COc1cc(-c2cc3c(s2)c(=O)n(-c2cncc4ccccc24)c(=O)n3CC[C-]=N)c(Cl)cc1F. The van der Waals surface area contributed by atoms with Gasteiger partial charge in [-0.2, -0.15) is 6.42 Å². The number of halogens is 2. The molecule has 0 aliphatic heterocycles. The number of thiophene rings is 1. The van der Waals surface area contributed by atoms with E-state index >= 15 is 0 Å². The average Bonchev–Trinajstić information content (AvgIpc) is 3.29. The van der Waals surface area contributed by atoms with Crippen LogP contribution in [-0.2, 0) is 6.54 Å². The number of fused-ring (bicyclic) bond motifs is 2. The third-order valence-corrected chi connectivity index (χ3v) is 7.14. The molecule has 5 aromatic rings. The van der Waals surface area contributed by atoms with Crippen LogP contribution in [0.25, 0.3) is 37.1 Å². The van der Waals surface area contributed by atoms with E-state index < -0.39 is 17.1 Å². The van der Waals surface area contributed by atoms with Crippen LogP contribution in [0.3, 0.4) is 0 Å². The molecule has 1 N–H and O–H groups in total. The van der Waals surface area contributed by atoms with Gasteiger partial charge in [-0.05, 0) is 18.2 Å². The molecule has 0 amide bonds. The van der Waals surface area contributed by atoms with Gasteiger partial charge in [0, 0.05) is 34.0 Å². The van der Waals surface area contributed by atoms with Crippen molar-refractivity contribution in [1.29, 1.82) is 5.41 Å². The second-order valence-electron chi connectivity index (χ2n) is 7.67. The molecular formula is C25H17ClFN4O3S-. The number of aryl methyl sites for hydroxylation is 1. The molecule has 35 heavy (non-hydrogen) atoms. The van der Waals surface area contributed by atoms with Gasteiger partial charge in [0.15, 0.2) is 11.6 Å². The van der Waals surface area contributed by atoms with Crippen molar-refractivity contribution in [3.8, 4) is 21.9 Å². The first kappa shape index (κ1) is 22.9. The lowest BCUT2D eigenvalue weighted by Crippen LogP contribution is -2.38. The van der Waals surface area contributed by atoms with Crippen molar-refractivity contribution in [2.45, 2.75) is 13.0 Å². The fraction of sp³-hybridized carbons (Fsp3) is 0.120. The summed E-state index contributed by atoms with van der Waals surface area (Å²) >= 11 is 7.47. The summed E-state index contributed by atoms with van der Waals surface area (Å²) in [7, 11) is 1.35. The molecule has 3 heterocycles. The Labute approximate surface area is 207 Å². The number of hydrogen-bond donors (Lipinski definition) is 1. The van der Waals surface area contributed by atoms with Gasteiger partial charge >= 0.3 is 5.69 Å². The van der Waals surface area contributed by atoms with Crippen molar-refractivity contribution < 1.29 is 9.13 Å². The van der Waals surface area contributed by atoms with Crippen LogP contribution in [-0.4, -0.2) is 27.4 Å². The summed E-state index contributed by atoms with van der Waals surface area (Å²) in [4.78, 5) is 32.1. The minimum absolute atomic E-state index is 0.0110. The number of aromatic nitrogens is 3. The van der Waals surface area contributed by atoms with E-state index in [4.69, 9.17) is 21.7 Å². The smallest absolute Gasteiger partial charge is 0.336 e. The highest BCUT2D eigenvalue weighted by molar-refractivity contribution is 7.22. The highest BCUT2D eigenvalue weighted by Crippen LogP contribution is 2.39. The zero-order chi connectivity index (χ0) is 24.7. The van der Waals surface area contributed by atoms with Gasteiger partial charge in [-0.25, -0.2) is 13.8 Å². The Kier molecular flexibility index (Phi) is 5.96. The van der Waals surface area contributed by atoms with E-state index in [0.717, 1.165) is 27.4 Å². The molecule has 0 saturated carbocycles. The van der Waals surface area contributed by atoms with Gasteiger partial charge < -0.3 is 16.4 Å². The summed E-state index contributed by atoms with van der Waals surface area (Å²) in [6.07, 6.45) is 5.62. The van der Waals surface area contributed by atoms with Gasteiger partial charge in [-0.1, -0.05) is 35.9 Å². The van der Waals surface area contributed by atoms with Gasteiger partial charge in [-0.3, -0.25) is 14.3 Å². The molecule has 0 atom stereocenters. The van der Waals surface area contributed by atoms with Gasteiger partial charge in [0.05, 0.1) is 29.5 Å². The van der Waals surface area contributed by atoms with E-state index in [1.54, 1.807) is 12.3 Å². The molecule has 7 nitrogen and oxygen atoms in total. The van der Waals surface area contributed by atoms with E-state index in [1.165, 1.54) is 23.9 Å². The molecule has 0 fully saturated rings. The van der Waals surface area contributed by atoms with Crippen LogP contribution in [0, 0.1) is 11.2 Å². The van der Waals surface area contributed by atoms with Crippen molar-refractivity contribution in [2.24, 2.45) is 0 Å². The first-order valence-corrected chi connectivity index (χ1v) is 11.7. The summed E-state index contributed by atoms with van der Waals surface area (Å²) in [6.45, 7) is 0.147. The molecule has 10 heteroatoms. The second kappa shape index (κ2) is 9.09. The molecule has 2 aromatic carbocycles. The number of ether oxygens (including phenoxy) is 1. The van der Waals surface area contributed by atoms with Crippen LogP contribution >= 0.6 is 22.9 Å². The summed E-state index contributed by atoms with van der Waals surface area (Å²) in [5.41, 5.74) is 0.187. The van der Waals surface area contributed by atoms with Gasteiger partial charge in [0.25, 0.3) is 5.56 Å². The average molecular weight is 508 g/mol. The van der Waals surface area contributed by atoms with E-state index in [2.05, 4.69) is 11.2 Å². The number of hydrogen-bond acceptors (Lipinski definition) is 6. The molecule has 0 spiro atoms. The van der Waals surface area contributed by atoms with Crippen LogP contribution in [0.5, 0.6) is 5.75 Å². The summed E-state index contributed by atoms with van der Waals surface area (Å²) in [5.74, 6) is -0.594. The number of benzene rings is 2. The van der Waals surface area contributed by atoms with Crippen molar-refractivity contribution in [2.75, 3.05) is 7.11 Å². The molecule has 0 saturated heterocycles. The van der Waals surface area contributed by atoms with Gasteiger partial charge in [0.1, 0.15) is 4.70 Å². The lowest BCUT2D eigenvalue weighted by molar-refractivity contribution is 0.387. The quantitative estimate of drug-likeness (QED) is 0.254. The maximum Gasteiger partial charge on any atom is 0.336 e. The maximum atomic E-state index is 14.1. The zero-order valence-corrected chi connectivity index (χ0v) is 19.9. The van der Waals surface area contributed by atoms with Crippen LogP contribution in [0.4, 0.5) is 4.39 Å². The summed E-state index contributed by atoms with van der Waals surface area (Å²) in [5, 5.41) is 8.96. The normalized spacial score (nSPS) is 11.3. The molecule has 0 radical (unpaired) electrons. The number of nitrogens with zero attached hydrogens (tertiary/aromatic N) is 3. The molecule has 0 bridgehead atoms. The van der Waals surface area contributed by atoms with Gasteiger partial charge in [0.2, 0.25) is 0 Å². The number of methoxy groups -OCH3 is 1. The Morgan fingerprint density at radius 2 is 2.00 bits per heavy atom. The molecule has 5 rings (SSSR count). The Morgan fingerprint density at radius 3 is 2.77 bits per heavy atom. The van der Waals surface area contributed by atoms with Crippen molar-refractivity contribution in [1.82, 2.24) is 14.1 Å². The highest BCUT2D eigenvalue weighted by atomic mass is 35.5. The van der Waals surface area contributed by atoms with Crippen LogP contribution in [0.2, 0.25) is 5.02 Å². The van der Waals surface area contributed by atoms with E-state index in [9.17, 15) is 14.0 Å². The molecular weight excluding hydrogens is 491 g/mol. The second-order valence-corrected chi connectivity index (χ2v) is 9.13. The van der Waals surface area contributed by atoms with Crippen LogP contribution in [0.1, 0.15) is 6.42 Å². The van der Waals surface area contributed by atoms with E-state index in [1.807, 2.05) is 24.3 Å². The Balaban J connectivity index is 1.84. The molecule has 3 aromatic heterocycles. The Morgan fingerprint density at radius 1 is 1.20 bits per heavy atom. The summed E-state index contributed by atoms with van der Waals surface area (Å²) < 4.78 is 22.1. The molecule has 0 aliphatic carbocycles. The predicted octanol–water partition coefficient (Wildman–Crippen LogP) is 5.15. The van der Waals surface area contributed by atoms with Crippen molar-refractivity contribution >= 4 is 50.1 Å². The van der Waals surface area contributed by atoms with Crippen molar-refractivity contribution in [3.63, 3.8) is 0 Å². The molecule has 0 aliphatic rings.